The van der Waals surface area contributed by atoms with E-state index in [2.05, 4.69) is 37.9 Å². The van der Waals surface area contributed by atoms with Gasteiger partial charge in [0.1, 0.15) is 0 Å². The van der Waals surface area contributed by atoms with Crippen molar-refractivity contribution in [2.75, 3.05) is 19.6 Å². The molecule has 0 radical (unpaired) electrons. The van der Waals surface area contributed by atoms with Crippen LogP contribution in [0.25, 0.3) is 0 Å². The topological polar surface area (TPSA) is 15.3 Å². The number of hydrogen-bond acceptors (Lipinski definition) is 2. The molecular formula is C15H32N2. The van der Waals surface area contributed by atoms with Gasteiger partial charge in [0, 0.05) is 25.2 Å². The summed E-state index contributed by atoms with van der Waals surface area (Å²) in [5.74, 6) is 0.968. The molecule has 0 amide bonds. The van der Waals surface area contributed by atoms with Gasteiger partial charge < -0.3 is 5.32 Å². The Bertz CT molecular complexity index is 193. The summed E-state index contributed by atoms with van der Waals surface area (Å²) in [5, 5.41) is 3.67. The van der Waals surface area contributed by atoms with Gasteiger partial charge in [-0.3, -0.25) is 4.90 Å². The largest absolute Gasteiger partial charge is 0.313 e. The molecule has 0 spiro atoms. The highest BCUT2D eigenvalue weighted by Gasteiger charge is 2.25. The van der Waals surface area contributed by atoms with Gasteiger partial charge in [-0.25, -0.2) is 0 Å². The molecule has 0 saturated carbocycles. The predicted octanol–water partition coefficient (Wildman–Crippen LogP) is 3.28. The summed E-state index contributed by atoms with van der Waals surface area (Å²) in [6, 6.07) is 1.38. The standard InChI is InChI=1S/C15H32N2/c1-5-7-13(3)16-11-14(4)17-10-9-15(12-17)8-6-2/h13-16H,5-12H2,1-4H3. The fraction of sp³-hybridized carbons (Fsp3) is 1.00. The monoisotopic (exact) mass is 240 g/mol. The molecule has 1 aliphatic rings. The van der Waals surface area contributed by atoms with Crippen molar-refractivity contribution >= 4 is 0 Å². The normalized spacial score (nSPS) is 25.1. The van der Waals surface area contributed by atoms with Gasteiger partial charge in [-0.1, -0.05) is 26.7 Å². The van der Waals surface area contributed by atoms with E-state index in [0.717, 1.165) is 12.5 Å². The Morgan fingerprint density at radius 3 is 2.65 bits per heavy atom. The van der Waals surface area contributed by atoms with Crippen LogP contribution in [0.2, 0.25) is 0 Å². The fourth-order valence-electron chi connectivity index (χ4n) is 2.94. The van der Waals surface area contributed by atoms with Crippen LogP contribution in [0.15, 0.2) is 0 Å². The number of likely N-dealkylation sites (tertiary alicyclic amines) is 1. The summed E-state index contributed by atoms with van der Waals surface area (Å²) in [6.45, 7) is 13.0. The number of rotatable bonds is 8. The molecule has 102 valence electrons. The molecule has 1 N–H and O–H groups in total. The molecule has 1 heterocycles. The van der Waals surface area contributed by atoms with E-state index in [1.54, 1.807) is 0 Å². The maximum atomic E-state index is 3.67. The maximum Gasteiger partial charge on any atom is 0.0192 e. The molecule has 0 aliphatic carbocycles. The minimum Gasteiger partial charge on any atom is -0.313 e. The summed E-state index contributed by atoms with van der Waals surface area (Å²) in [4.78, 5) is 2.67. The lowest BCUT2D eigenvalue weighted by Crippen LogP contribution is -2.41. The molecule has 0 aromatic carbocycles. The molecule has 1 saturated heterocycles. The SMILES string of the molecule is CCCC1CCN(C(C)CNC(C)CCC)C1. The van der Waals surface area contributed by atoms with Gasteiger partial charge in [0.05, 0.1) is 0 Å². The number of hydrogen-bond donors (Lipinski definition) is 1. The first-order valence-corrected chi connectivity index (χ1v) is 7.64. The smallest absolute Gasteiger partial charge is 0.0192 e. The third-order valence-electron chi connectivity index (χ3n) is 4.12. The molecule has 0 aromatic rings. The molecule has 3 atom stereocenters. The highest BCUT2D eigenvalue weighted by Crippen LogP contribution is 2.22. The van der Waals surface area contributed by atoms with Crippen molar-refractivity contribution in [3.8, 4) is 0 Å². The predicted molar refractivity (Wildman–Crippen MR) is 76.4 cm³/mol. The van der Waals surface area contributed by atoms with Crippen molar-refractivity contribution in [1.29, 1.82) is 0 Å². The second-order valence-electron chi connectivity index (χ2n) is 5.89. The van der Waals surface area contributed by atoms with Crippen LogP contribution in [-0.2, 0) is 0 Å². The van der Waals surface area contributed by atoms with Crippen LogP contribution in [0.1, 0.15) is 59.8 Å². The lowest BCUT2D eigenvalue weighted by atomic mass is 10.0. The Balaban J connectivity index is 2.18. The van der Waals surface area contributed by atoms with Gasteiger partial charge in [-0.05, 0) is 45.6 Å². The zero-order chi connectivity index (χ0) is 12.7. The van der Waals surface area contributed by atoms with E-state index in [0.29, 0.717) is 12.1 Å². The van der Waals surface area contributed by atoms with Crippen LogP contribution in [-0.4, -0.2) is 36.6 Å². The van der Waals surface area contributed by atoms with Crippen LogP contribution in [0, 0.1) is 5.92 Å². The van der Waals surface area contributed by atoms with E-state index >= 15 is 0 Å². The van der Waals surface area contributed by atoms with Crippen LogP contribution in [0.4, 0.5) is 0 Å². The minimum absolute atomic E-state index is 0.677. The summed E-state index contributed by atoms with van der Waals surface area (Å²) < 4.78 is 0. The Labute approximate surface area is 108 Å². The Hall–Kier alpha value is -0.0800. The minimum atomic E-state index is 0.677. The van der Waals surface area contributed by atoms with Crippen LogP contribution in [0.3, 0.4) is 0 Å². The van der Waals surface area contributed by atoms with Crippen LogP contribution >= 0.6 is 0 Å². The highest BCUT2D eigenvalue weighted by atomic mass is 15.2. The van der Waals surface area contributed by atoms with Gasteiger partial charge in [0.15, 0.2) is 0 Å². The summed E-state index contributed by atoms with van der Waals surface area (Å²) in [6.07, 6.45) is 6.76. The van der Waals surface area contributed by atoms with E-state index in [1.165, 1.54) is 45.2 Å². The lowest BCUT2D eigenvalue weighted by molar-refractivity contribution is 0.235. The van der Waals surface area contributed by atoms with Gasteiger partial charge in [-0.15, -0.1) is 0 Å². The summed E-state index contributed by atoms with van der Waals surface area (Å²) >= 11 is 0. The zero-order valence-corrected chi connectivity index (χ0v) is 12.3. The second-order valence-corrected chi connectivity index (χ2v) is 5.89. The van der Waals surface area contributed by atoms with E-state index in [4.69, 9.17) is 0 Å². The fourth-order valence-corrected chi connectivity index (χ4v) is 2.94. The van der Waals surface area contributed by atoms with E-state index < -0.39 is 0 Å². The summed E-state index contributed by atoms with van der Waals surface area (Å²) in [7, 11) is 0. The first-order valence-electron chi connectivity index (χ1n) is 7.64. The third kappa shape index (κ3) is 5.39. The molecule has 17 heavy (non-hydrogen) atoms. The van der Waals surface area contributed by atoms with Crippen molar-refractivity contribution in [3.05, 3.63) is 0 Å². The molecule has 3 unspecified atom stereocenters. The van der Waals surface area contributed by atoms with Crippen molar-refractivity contribution in [1.82, 2.24) is 10.2 Å². The van der Waals surface area contributed by atoms with E-state index in [9.17, 15) is 0 Å². The lowest BCUT2D eigenvalue weighted by Gasteiger charge is -2.26. The quantitative estimate of drug-likeness (QED) is 0.700. The molecular weight excluding hydrogens is 208 g/mol. The first kappa shape index (κ1) is 15.0. The van der Waals surface area contributed by atoms with Crippen molar-refractivity contribution in [2.24, 2.45) is 5.92 Å². The van der Waals surface area contributed by atoms with Gasteiger partial charge in [-0.2, -0.15) is 0 Å². The van der Waals surface area contributed by atoms with E-state index in [1.807, 2.05) is 0 Å². The van der Waals surface area contributed by atoms with Crippen LogP contribution < -0.4 is 5.32 Å². The zero-order valence-electron chi connectivity index (χ0n) is 12.3. The van der Waals surface area contributed by atoms with Gasteiger partial charge in [0.2, 0.25) is 0 Å². The van der Waals surface area contributed by atoms with Crippen LogP contribution in [0.5, 0.6) is 0 Å². The maximum absolute atomic E-state index is 3.67. The average Bonchev–Trinajstić information content (AvgIpc) is 2.75. The Morgan fingerprint density at radius 2 is 2.00 bits per heavy atom. The van der Waals surface area contributed by atoms with Crippen molar-refractivity contribution < 1.29 is 0 Å². The van der Waals surface area contributed by atoms with Crippen molar-refractivity contribution in [3.63, 3.8) is 0 Å². The molecule has 2 heteroatoms. The Morgan fingerprint density at radius 1 is 1.24 bits per heavy atom. The summed E-state index contributed by atoms with van der Waals surface area (Å²) in [5.41, 5.74) is 0. The van der Waals surface area contributed by atoms with Crippen molar-refractivity contribution in [2.45, 2.75) is 71.9 Å². The number of nitrogens with one attached hydrogen (secondary N) is 1. The number of nitrogens with zero attached hydrogens (tertiary/aromatic N) is 1. The molecule has 0 aromatic heterocycles. The molecule has 1 fully saturated rings. The van der Waals surface area contributed by atoms with E-state index in [-0.39, 0.29) is 0 Å². The second kappa shape index (κ2) is 8.10. The molecule has 1 aliphatic heterocycles. The van der Waals surface area contributed by atoms with Gasteiger partial charge >= 0.3 is 0 Å². The molecule has 2 nitrogen and oxygen atoms in total. The van der Waals surface area contributed by atoms with Gasteiger partial charge in [0.25, 0.3) is 0 Å². The molecule has 0 bridgehead atoms. The highest BCUT2D eigenvalue weighted by molar-refractivity contribution is 4.80. The first-order chi connectivity index (χ1) is 8.17. The third-order valence-corrected chi connectivity index (χ3v) is 4.12. The average molecular weight is 240 g/mol. The molecule has 1 rings (SSSR count). The Kier molecular flexibility index (Phi) is 7.14.